The molecule has 0 aliphatic rings. The van der Waals surface area contributed by atoms with Gasteiger partial charge in [-0.25, -0.2) is 10.2 Å². The van der Waals surface area contributed by atoms with Crippen molar-refractivity contribution in [2.45, 2.75) is 6.61 Å². The van der Waals surface area contributed by atoms with Crippen molar-refractivity contribution in [1.82, 2.24) is 5.43 Å². The van der Waals surface area contributed by atoms with Crippen LogP contribution in [0.4, 0.5) is 4.39 Å². The van der Waals surface area contributed by atoms with Crippen LogP contribution in [0.25, 0.3) is 0 Å². The lowest BCUT2D eigenvalue weighted by molar-refractivity contribution is 0.0953. The van der Waals surface area contributed by atoms with Gasteiger partial charge in [-0.3, -0.25) is 10.2 Å². The summed E-state index contributed by atoms with van der Waals surface area (Å²) in [5.41, 5.74) is 2.76. The third-order valence-corrected chi connectivity index (χ3v) is 2.83. The predicted octanol–water partition coefficient (Wildman–Crippen LogP) is 1.88. The first-order valence-electron chi connectivity index (χ1n) is 6.07. The normalized spacial score (nSPS) is 9.76. The Morgan fingerprint density at radius 3 is 2.81 bits per heavy atom. The molecule has 21 heavy (non-hydrogen) atoms. The van der Waals surface area contributed by atoms with Crippen molar-refractivity contribution in [2.75, 3.05) is 0 Å². The molecule has 0 heterocycles. The minimum Gasteiger partial charge on any atom is -0.487 e. The quantitative estimate of drug-likeness (QED) is 0.510. The molecule has 0 aliphatic heterocycles. The van der Waals surface area contributed by atoms with Crippen LogP contribution in [0, 0.1) is 17.1 Å². The molecule has 0 saturated carbocycles. The van der Waals surface area contributed by atoms with E-state index >= 15 is 0 Å². The van der Waals surface area contributed by atoms with Crippen LogP contribution < -0.4 is 16.0 Å². The molecule has 0 unspecified atom stereocenters. The maximum Gasteiger partial charge on any atom is 0.265 e. The molecule has 2 aromatic carbocycles. The number of hydrazine groups is 1. The molecule has 3 N–H and O–H groups in total. The average Bonchev–Trinajstić information content (AvgIpc) is 2.53. The fourth-order valence-electron chi connectivity index (χ4n) is 1.75. The summed E-state index contributed by atoms with van der Waals surface area (Å²) >= 11 is 0. The summed E-state index contributed by atoms with van der Waals surface area (Å²) in [5.74, 6) is 4.37. The fraction of sp³-hybridized carbons (Fsp3) is 0.0667. The van der Waals surface area contributed by atoms with E-state index in [9.17, 15) is 9.18 Å². The summed E-state index contributed by atoms with van der Waals surface area (Å²) in [5, 5.41) is 8.95. The number of para-hydroxylation sites is 1. The number of halogens is 1. The molecule has 2 aromatic rings. The molecule has 0 saturated heterocycles. The van der Waals surface area contributed by atoms with E-state index in [2.05, 4.69) is 0 Å². The number of carbonyl (C=O) groups is 1. The topological polar surface area (TPSA) is 88.1 Å². The van der Waals surface area contributed by atoms with Crippen LogP contribution in [0.1, 0.15) is 21.5 Å². The maximum absolute atomic E-state index is 13.7. The second-order valence-corrected chi connectivity index (χ2v) is 4.18. The number of nitrogen functional groups attached to an aromatic ring is 1. The summed E-state index contributed by atoms with van der Waals surface area (Å²) in [6.45, 7) is -0.101. The lowest BCUT2D eigenvalue weighted by Gasteiger charge is -2.09. The van der Waals surface area contributed by atoms with Crippen molar-refractivity contribution in [1.29, 1.82) is 5.26 Å². The smallest absolute Gasteiger partial charge is 0.265 e. The van der Waals surface area contributed by atoms with Crippen LogP contribution in [0.2, 0.25) is 0 Å². The Bertz CT molecular complexity index is 710. The lowest BCUT2D eigenvalue weighted by Crippen LogP contribution is -2.30. The molecular weight excluding hydrogens is 273 g/mol. The van der Waals surface area contributed by atoms with Gasteiger partial charge >= 0.3 is 0 Å². The zero-order valence-corrected chi connectivity index (χ0v) is 11.0. The summed E-state index contributed by atoms with van der Waals surface area (Å²) in [6.07, 6.45) is 0. The van der Waals surface area contributed by atoms with Gasteiger partial charge in [-0.05, 0) is 30.3 Å². The van der Waals surface area contributed by atoms with Crippen molar-refractivity contribution in [3.8, 4) is 11.8 Å². The van der Waals surface area contributed by atoms with Gasteiger partial charge < -0.3 is 4.74 Å². The molecule has 5 nitrogen and oxygen atoms in total. The van der Waals surface area contributed by atoms with Crippen molar-refractivity contribution < 1.29 is 13.9 Å². The Hall–Kier alpha value is -2.91. The Kier molecular flexibility index (Phi) is 4.49. The Morgan fingerprint density at radius 1 is 1.33 bits per heavy atom. The van der Waals surface area contributed by atoms with Crippen LogP contribution in [-0.4, -0.2) is 5.91 Å². The molecule has 6 heteroatoms. The highest BCUT2D eigenvalue weighted by atomic mass is 19.1. The molecule has 0 bridgehead atoms. The maximum atomic E-state index is 13.7. The number of ether oxygens (including phenoxy) is 1. The van der Waals surface area contributed by atoms with E-state index < -0.39 is 11.7 Å². The number of nitriles is 1. The monoisotopic (exact) mass is 285 g/mol. The summed E-state index contributed by atoms with van der Waals surface area (Å²) in [4.78, 5) is 11.4. The second-order valence-electron chi connectivity index (χ2n) is 4.18. The van der Waals surface area contributed by atoms with E-state index in [1.165, 1.54) is 18.2 Å². The van der Waals surface area contributed by atoms with Crippen LogP contribution in [0.5, 0.6) is 5.75 Å². The number of nitrogens with zero attached hydrogens (tertiary/aromatic N) is 1. The van der Waals surface area contributed by atoms with Gasteiger partial charge in [0.2, 0.25) is 0 Å². The second kappa shape index (κ2) is 6.50. The molecule has 2 rings (SSSR count). The molecular formula is C15H12FN3O2. The van der Waals surface area contributed by atoms with E-state index in [1.54, 1.807) is 24.3 Å². The van der Waals surface area contributed by atoms with Crippen molar-refractivity contribution >= 4 is 5.91 Å². The summed E-state index contributed by atoms with van der Waals surface area (Å²) < 4.78 is 19.2. The van der Waals surface area contributed by atoms with Crippen LogP contribution >= 0.6 is 0 Å². The van der Waals surface area contributed by atoms with Crippen LogP contribution in [-0.2, 0) is 6.61 Å². The molecule has 0 aliphatic carbocycles. The molecule has 0 atom stereocenters. The van der Waals surface area contributed by atoms with Crippen molar-refractivity contribution in [3.05, 3.63) is 65.0 Å². The molecule has 0 fully saturated rings. The van der Waals surface area contributed by atoms with Gasteiger partial charge in [-0.15, -0.1) is 0 Å². The zero-order chi connectivity index (χ0) is 15.2. The highest BCUT2D eigenvalue weighted by molar-refractivity contribution is 5.93. The SMILES string of the molecule is N#Cc1ccccc1OCc1cc(C(=O)NN)ccc1F. The average molecular weight is 285 g/mol. The standard InChI is InChI=1S/C15H12FN3O2/c16-13-6-5-10(15(20)19-18)7-12(13)9-21-14-4-2-1-3-11(14)8-17/h1-7H,9,18H2,(H,19,20). The largest absolute Gasteiger partial charge is 0.487 e. The first-order chi connectivity index (χ1) is 10.2. The zero-order valence-electron chi connectivity index (χ0n) is 11.0. The number of nitrogens with two attached hydrogens (primary N) is 1. The molecule has 106 valence electrons. The molecule has 0 spiro atoms. The van der Waals surface area contributed by atoms with E-state index in [4.69, 9.17) is 15.8 Å². The summed E-state index contributed by atoms with van der Waals surface area (Å²) in [6, 6.07) is 12.5. The Morgan fingerprint density at radius 2 is 2.10 bits per heavy atom. The molecule has 1 amide bonds. The molecule has 0 radical (unpaired) electrons. The van der Waals surface area contributed by atoms with Gasteiger partial charge in [0, 0.05) is 11.1 Å². The first kappa shape index (κ1) is 14.5. The predicted molar refractivity (Wildman–Crippen MR) is 73.5 cm³/mol. The Balaban J connectivity index is 2.20. The number of rotatable bonds is 4. The van der Waals surface area contributed by atoms with E-state index in [0.717, 1.165) is 0 Å². The minimum atomic E-state index is -0.520. The number of nitrogens with one attached hydrogen (secondary N) is 1. The van der Waals surface area contributed by atoms with E-state index in [-0.39, 0.29) is 17.7 Å². The number of hydrogen-bond donors (Lipinski definition) is 2. The van der Waals surface area contributed by atoms with Gasteiger partial charge in [0.15, 0.2) is 0 Å². The van der Waals surface area contributed by atoms with Crippen LogP contribution in [0.15, 0.2) is 42.5 Å². The number of hydrogen-bond acceptors (Lipinski definition) is 4. The lowest BCUT2D eigenvalue weighted by atomic mass is 10.1. The van der Waals surface area contributed by atoms with Crippen molar-refractivity contribution in [3.63, 3.8) is 0 Å². The summed E-state index contributed by atoms with van der Waals surface area (Å²) in [7, 11) is 0. The van der Waals surface area contributed by atoms with Gasteiger partial charge in [-0.1, -0.05) is 12.1 Å². The number of amides is 1. The first-order valence-corrected chi connectivity index (χ1v) is 6.07. The third-order valence-electron chi connectivity index (χ3n) is 2.83. The molecule has 0 aromatic heterocycles. The fourth-order valence-corrected chi connectivity index (χ4v) is 1.75. The highest BCUT2D eigenvalue weighted by Gasteiger charge is 2.10. The third kappa shape index (κ3) is 3.35. The van der Waals surface area contributed by atoms with E-state index in [1.807, 2.05) is 11.5 Å². The highest BCUT2D eigenvalue weighted by Crippen LogP contribution is 2.19. The Labute approximate surface area is 120 Å². The van der Waals surface area contributed by atoms with Gasteiger partial charge in [0.1, 0.15) is 24.2 Å². The van der Waals surface area contributed by atoms with E-state index in [0.29, 0.717) is 11.3 Å². The van der Waals surface area contributed by atoms with Crippen molar-refractivity contribution in [2.24, 2.45) is 5.84 Å². The van der Waals surface area contributed by atoms with Crippen LogP contribution in [0.3, 0.4) is 0 Å². The number of benzene rings is 2. The van der Waals surface area contributed by atoms with Gasteiger partial charge in [0.05, 0.1) is 5.56 Å². The minimum absolute atomic E-state index is 0.101. The van der Waals surface area contributed by atoms with Gasteiger partial charge in [-0.2, -0.15) is 5.26 Å². The van der Waals surface area contributed by atoms with Gasteiger partial charge in [0.25, 0.3) is 5.91 Å². The number of carbonyl (C=O) groups excluding carboxylic acids is 1.